The monoisotopic (exact) mass is 258 g/mol. The van der Waals surface area contributed by atoms with E-state index in [0.717, 1.165) is 11.1 Å². The van der Waals surface area contributed by atoms with E-state index in [9.17, 15) is 4.79 Å². The van der Waals surface area contributed by atoms with E-state index in [4.69, 9.17) is 9.84 Å². The van der Waals surface area contributed by atoms with Gasteiger partial charge in [-0.3, -0.25) is 0 Å². The summed E-state index contributed by atoms with van der Waals surface area (Å²) >= 11 is 0. The zero-order valence-electron chi connectivity index (χ0n) is 11.0. The summed E-state index contributed by atoms with van der Waals surface area (Å²) in [4.78, 5) is 18.6. The van der Waals surface area contributed by atoms with Crippen molar-refractivity contribution in [2.45, 2.75) is 20.8 Å². The molecule has 2 rings (SSSR count). The van der Waals surface area contributed by atoms with Crippen LogP contribution in [-0.4, -0.2) is 21.0 Å². The molecule has 0 amide bonds. The zero-order valence-corrected chi connectivity index (χ0v) is 11.0. The predicted octanol–water partition coefficient (Wildman–Crippen LogP) is 2.89. The molecule has 0 bridgehead atoms. The number of rotatable bonds is 3. The maximum atomic E-state index is 10.8. The number of hydrogen-bond donors (Lipinski definition) is 1. The van der Waals surface area contributed by atoms with Gasteiger partial charge < -0.3 is 9.84 Å². The third kappa shape index (κ3) is 2.88. The van der Waals surface area contributed by atoms with Crippen LogP contribution in [0.5, 0.6) is 11.8 Å². The number of carboxylic acids is 1. The Labute approximate surface area is 110 Å². The molecule has 98 valence electrons. The minimum atomic E-state index is -1.11. The van der Waals surface area contributed by atoms with Crippen LogP contribution in [0, 0.1) is 20.8 Å². The Balaban J connectivity index is 2.33. The van der Waals surface area contributed by atoms with Crippen LogP contribution in [0.25, 0.3) is 0 Å². The molecule has 1 heterocycles. The van der Waals surface area contributed by atoms with Gasteiger partial charge in [0.25, 0.3) is 0 Å². The lowest BCUT2D eigenvalue weighted by Gasteiger charge is -2.10. The average molecular weight is 258 g/mol. The molecular weight excluding hydrogens is 244 g/mol. The highest BCUT2D eigenvalue weighted by atomic mass is 16.5. The van der Waals surface area contributed by atoms with E-state index in [2.05, 4.69) is 9.97 Å². The van der Waals surface area contributed by atoms with Gasteiger partial charge in [-0.15, -0.1) is 0 Å². The summed E-state index contributed by atoms with van der Waals surface area (Å²) < 4.78 is 5.55. The minimum Gasteiger partial charge on any atom is -0.477 e. The Morgan fingerprint density at radius 2 is 1.84 bits per heavy atom. The van der Waals surface area contributed by atoms with Gasteiger partial charge in [0.05, 0.1) is 0 Å². The van der Waals surface area contributed by atoms with Crippen molar-refractivity contribution in [2.75, 3.05) is 0 Å². The molecule has 0 atom stereocenters. The Morgan fingerprint density at radius 1 is 1.16 bits per heavy atom. The smallest absolute Gasteiger partial charge is 0.354 e. The van der Waals surface area contributed by atoms with Crippen LogP contribution in [0.2, 0.25) is 0 Å². The van der Waals surface area contributed by atoms with Crippen LogP contribution < -0.4 is 4.74 Å². The highest BCUT2D eigenvalue weighted by Gasteiger charge is 2.10. The molecule has 0 aliphatic carbocycles. The second kappa shape index (κ2) is 5.06. The topological polar surface area (TPSA) is 72.3 Å². The lowest BCUT2D eigenvalue weighted by atomic mass is 10.1. The SMILES string of the molecule is Cc1cc(C)c(Oc2nccc(C(=O)O)n2)cc1C. The van der Waals surface area contributed by atoms with E-state index in [1.807, 2.05) is 32.9 Å². The van der Waals surface area contributed by atoms with Crippen molar-refractivity contribution >= 4 is 5.97 Å². The summed E-state index contributed by atoms with van der Waals surface area (Å²) in [6, 6.07) is 5.25. The van der Waals surface area contributed by atoms with Gasteiger partial charge in [-0.05, 0) is 49.6 Å². The molecule has 5 nitrogen and oxygen atoms in total. The molecule has 1 aromatic carbocycles. The van der Waals surface area contributed by atoms with Crippen molar-refractivity contribution < 1.29 is 14.6 Å². The van der Waals surface area contributed by atoms with Gasteiger partial charge in [0, 0.05) is 6.20 Å². The maximum absolute atomic E-state index is 10.8. The first-order valence-corrected chi connectivity index (χ1v) is 5.79. The van der Waals surface area contributed by atoms with Gasteiger partial charge in [-0.2, -0.15) is 4.98 Å². The first kappa shape index (κ1) is 13.0. The van der Waals surface area contributed by atoms with E-state index in [1.165, 1.54) is 17.8 Å². The number of aryl methyl sites for hydroxylation is 3. The molecule has 0 fully saturated rings. The number of carbonyl (C=O) groups is 1. The molecule has 1 aromatic heterocycles. The number of aromatic nitrogens is 2. The van der Waals surface area contributed by atoms with Gasteiger partial charge in [0.2, 0.25) is 0 Å². The second-order valence-corrected chi connectivity index (χ2v) is 4.33. The molecule has 0 spiro atoms. The molecule has 5 heteroatoms. The largest absolute Gasteiger partial charge is 0.477 e. The summed E-state index contributed by atoms with van der Waals surface area (Å²) in [5.74, 6) is -0.477. The second-order valence-electron chi connectivity index (χ2n) is 4.33. The fourth-order valence-corrected chi connectivity index (χ4v) is 1.65. The first-order valence-electron chi connectivity index (χ1n) is 5.79. The summed E-state index contributed by atoms with van der Waals surface area (Å²) in [5.41, 5.74) is 3.12. The van der Waals surface area contributed by atoms with E-state index in [1.54, 1.807) is 0 Å². The number of hydrogen-bond acceptors (Lipinski definition) is 4. The van der Waals surface area contributed by atoms with Crippen molar-refractivity contribution in [3.05, 3.63) is 46.8 Å². The van der Waals surface area contributed by atoms with Crippen LogP contribution >= 0.6 is 0 Å². The number of nitrogens with zero attached hydrogens (tertiary/aromatic N) is 2. The Kier molecular flexibility index (Phi) is 3.46. The molecule has 0 aliphatic rings. The molecule has 1 N–H and O–H groups in total. The van der Waals surface area contributed by atoms with Crippen LogP contribution in [0.4, 0.5) is 0 Å². The summed E-state index contributed by atoms with van der Waals surface area (Å²) in [7, 11) is 0. The molecule has 0 aliphatic heterocycles. The molecule has 2 aromatic rings. The molecule has 0 saturated heterocycles. The predicted molar refractivity (Wildman–Crippen MR) is 69.7 cm³/mol. The van der Waals surface area contributed by atoms with Gasteiger partial charge in [-0.25, -0.2) is 9.78 Å². The van der Waals surface area contributed by atoms with Crippen molar-refractivity contribution in [1.29, 1.82) is 0 Å². The highest BCUT2D eigenvalue weighted by molar-refractivity contribution is 5.85. The average Bonchev–Trinajstić information content (AvgIpc) is 2.36. The first-order chi connectivity index (χ1) is 8.97. The quantitative estimate of drug-likeness (QED) is 0.916. The third-order valence-electron chi connectivity index (χ3n) is 2.85. The Bertz CT molecular complexity index is 639. The summed E-state index contributed by atoms with van der Waals surface area (Å²) in [6.07, 6.45) is 1.36. The number of ether oxygens (including phenoxy) is 1. The fourth-order valence-electron chi connectivity index (χ4n) is 1.65. The maximum Gasteiger partial charge on any atom is 0.354 e. The van der Waals surface area contributed by atoms with Crippen LogP contribution in [-0.2, 0) is 0 Å². The minimum absolute atomic E-state index is 0.0336. The molecular formula is C14H14N2O3. The van der Waals surface area contributed by atoms with Gasteiger partial charge >= 0.3 is 12.0 Å². The number of benzene rings is 1. The van der Waals surface area contributed by atoms with Gasteiger partial charge in [0.15, 0.2) is 5.69 Å². The van der Waals surface area contributed by atoms with E-state index in [-0.39, 0.29) is 11.7 Å². The number of carboxylic acid groups (broad SMARTS) is 1. The van der Waals surface area contributed by atoms with Crippen LogP contribution in [0.1, 0.15) is 27.2 Å². The Hall–Kier alpha value is -2.43. The summed E-state index contributed by atoms with van der Waals surface area (Å²) in [6.45, 7) is 5.92. The third-order valence-corrected chi connectivity index (χ3v) is 2.85. The molecule has 0 saturated carbocycles. The van der Waals surface area contributed by atoms with Crippen molar-refractivity contribution in [1.82, 2.24) is 9.97 Å². The van der Waals surface area contributed by atoms with Crippen LogP contribution in [0.15, 0.2) is 24.4 Å². The fraction of sp³-hybridized carbons (Fsp3) is 0.214. The summed E-state index contributed by atoms with van der Waals surface area (Å²) in [5, 5.41) is 8.86. The standard InChI is InChI=1S/C14H14N2O3/c1-8-6-10(3)12(7-9(8)2)19-14-15-5-4-11(16-14)13(17)18/h4-7H,1-3H3,(H,17,18). The molecule has 19 heavy (non-hydrogen) atoms. The normalized spacial score (nSPS) is 10.3. The highest BCUT2D eigenvalue weighted by Crippen LogP contribution is 2.25. The Morgan fingerprint density at radius 3 is 2.53 bits per heavy atom. The zero-order chi connectivity index (χ0) is 14.0. The van der Waals surface area contributed by atoms with Crippen LogP contribution in [0.3, 0.4) is 0 Å². The van der Waals surface area contributed by atoms with Crippen molar-refractivity contribution in [3.63, 3.8) is 0 Å². The van der Waals surface area contributed by atoms with Crippen molar-refractivity contribution in [2.24, 2.45) is 0 Å². The lowest BCUT2D eigenvalue weighted by Crippen LogP contribution is -2.03. The van der Waals surface area contributed by atoms with Gasteiger partial charge in [-0.1, -0.05) is 6.07 Å². The van der Waals surface area contributed by atoms with E-state index >= 15 is 0 Å². The lowest BCUT2D eigenvalue weighted by molar-refractivity contribution is 0.0689. The van der Waals surface area contributed by atoms with E-state index < -0.39 is 5.97 Å². The van der Waals surface area contributed by atoms with E-state index in [0.29, 0.717) is 5.75 Å². The molecule has 0 radical (unpaired) electrons. The van der Waals surface area contributed by atoms with Gasteiger partial charge in [0.1, 0.15) is 5.75 Å². The number of aromatic carboxylic acids is 1. The van der Waals surface area contributed by atoms with Crippen molar-refractivity contribution in [3.8, 4) is 11.8 Å². The molecule has 0 unspecified atom stereocenters.